The molecule has 0 radical (unpaired) electrons. The van der Waals surface area contributed by atoms with Gasteiger partial charge in [0.15, 0.2) is 0 Å². The third kappa shape index (κ3) is 5.79. The smallest absolute Gasteiger partial charge is 0.295 e. The monoisotopic (exact) mass is 454 g/mol. The zero-order valence-corrected chi connectivity index (χ0v) is 19.5. The number of halogens is 1. The topological polar surface area (TPSA) is 70.1 Å². The van der Waals surface area contributed by atoms with Gasteiger partial charge < -0.3 is 19.6 Å². The molecule has 1 fully saturated rings. The predicted octanol–water partition coefficient (Wildman–Crippen LogP) is 4.23. The zero-order valence-electron chi connectivity index (χ0n) is 19.5. The first-order chi connectivity index (χ1) is 15.7. The number of Topliss-reactive ketones (excluding diaryl/α,β-unsaturated/α-hetero) is 1. The summed E-state index contributed by atoms with van der Waals surface area (Å²) in [5, 5.41) is 11.1. The van der Waals surface area contributed by atoms with Crippen LogP contribution >= 0.6 is 0 Å². The van der Waals surface area contributed by atoms with Crippen LogP contribution in [0.3, 0.4) is 0 Å². The SMILES string of the molecule is CC(C)COc1ccc(C(O)=C2C(=O)C(=O)N(CCCN(C)C)C2c2ccc(F)cc2)cc1. The van der Waals surface area contributed by atoms with Crippen LogP contribution in [-0.4, -0.2) is 60.4 Å². The molecule has 1 aliphatic rings. The molecule has 0 bridgehead atoms. The van der Waals surface area contributed by atoms with Crippen molar-refractivity contribution >= 4 is 17.4 Å². The van der Waals surface area contributed by atoms with Crippen molar-refractivity contribution in [3.05, 3.63) is 71.0 Å². The van der Waals surface area contributed by atoms with Crippen LogP contribution in [-0.2, 0) is 9.59 Å². The van der Waals surface area contributed by atoms with E-state index < -0.39 is 23.5 Å². The maximum Gasteiger partial charge on any atom is 0.295 e. The summed E-state index contributed by atoms with van der Waals surface area (Å²) in [4.78, 5) is 29.4. The summed E-state index contributed by atoms with van der Waals surface area (Å²) >= 11 is 0. The van der Waals surface area contributed by atoms with Crippen molar-refractivity contribution in [3.8, 4) is 5.75 Å². The lowest BCUT2D eigenvalue weighted by Crippen LogP contribution is -2.32. The lowest BCUT2D eigenvalue weighted by molar-refractivity contribution is -0.139. The Morgan fingerprint density at radius 3 is 2.30 bits per heavy atom. The summed E-state index contributed by atoms with van der Waals surface area (Å²) in [6.07, 6.45) is 0.652. The Balaban J connectivity index is 1.99. The quantitative estimate of drug-likeness (QED) is 0.349. The molecule has 1 N–H and O–H groups in total. The van der Waals surface area contributed by atoms with Gasteiger partial charge in [-0.15, -0.1) is 0 Å². The minimum Gasteiger partial charge on any atom is -0.507 e. The standard InChI is InChI=1S/C26H31FN2O4/c1-17(2)16-33-21-12-8-19(9-13-21)24(30)22-23(18-6-10-20(27)11-7-18)29(26(32)25(22)31)15-5-14-28(3)4/h6-13,17,23,30H,5,14-16H2,1-4H3. The molecule has 33 heavy (non-hydrogen) atoms. The van der Waals surface area contributed by atoms with Crippen LogP contribution in [0, 0.1) is 11.7 Å². The Bertz CT molecular complexity index is 1010. The van der Waals surface area contributed by atoms with Gasteiger partial charge >= 0.3 is 0 Å². The summed E-state index contributed by atoms with van der Waals surface area (Å²) in [5.74, 6) is -1.06. The molecule has 6 nitrogen and oxygen atoms in total. The Morgan fingerprint density at radius 1 is 1.09 bits per heavy atom. The highest BCUT2D eigenvalue weighted by atomic mass is 19.1. The van der Waals surface area contributed by atoms with Crippen molar-refractivity contribution < 1.29 is 23.8 Å². The number of benzene rings is 2. The number of ketones is 1. The Hall–Kier alpha value is -3.19. The first kappa shape index (κ1) is 24.5. The van der Waals surface area contributed by atoms with Crippen molar-refractivity contribution in [2.45, 2.75) is 26.3 Å². The van der Waals surface area contributed by atoms with Crippen molar-refractivity contribution in [1.29, 1.82) is 0 Å². The van der Waals surface area contributed by atoms with Crippen LogP contribution in [0.2, 0.25) is 0 Å². The highest BCUT2D eigenvalue weighted by Crippen LogP contribution is 2.39. The van der Waals surface area contributed by atoms with Crippen LogP contribution in [0.15, 0.2) is 54.1 Å². The fraction of sp³-hybridized carbons (Fsp3) is 0.385. The number of amides is 1. The first-order valence-corrected chi connectivity index (χ1v) is 11.1. The normalized spacial score (nSPS) is 17.9. The van der Waals surface area contributed by atoms with Gasteiger partial charge in [-0.3, -0.25) is 9.59 Å². The Morgan fingerprint density at radius 2 is 1.73 bits per heavy atom. The molecule has 0 aliphatic carbocycles. The Labute approximate surface area is 194 Å². The number of ether oxygens (including phenoxy) is 1. The molecule has 0 aromatic heterocycles. The van der Waals surface area contributed by atoms with Crippen molar-refractivity contribution in [3.63, 3.8) is 0 Å². The summed E-state index contributed by atoms with van der Waals surface area (Å²) in [6, 6.07) is 11.6. The predicted molar refractivity (Wildman–Crippen MR) is 125 cm³/mol. The van der Waals surface area contributed by atoms with Crippen LogP contribution in [0.4, 0.5) is 4.39 Å². The highest BCUT2D eigenvalue weighted by Gasteiger charge is 2.45. The van der Waals surface area contributed by atoms with Gasteiger partial charge in [0, 0.05) is 12.1 Å². The van der Waals surface area contributed by atoms with E-state index in [1.54, 1.807) is 36.4 Å². The van der Waals surface area contributed by atoms with Gasteiger partial charge in [-0.1, -0.05) is 26.0 Å². The van der Waals surface area contributed by atoms with E-state index in [2.05, 4.69) is 0 Å². The summed E-state index contributed by atoms with van der Waals surface area (Å²) < 4.78 is 19.2. The molecule has 176 valence electrons. The van der Waals surface area contributed by atoms with E-state index in [4.69, 9.17) is 4.74 Å². The average molecular weight is 455 g/mol. The van der Waals surface area contributed by atoms with Gasteiger partial charge in [0.25, 0.3) is 11.7 Å². The van der Waals surface area contributed by atoms with E-state index in [-0.39, 0.29) is 11.3 Å². The fourth-order valence-corrected chi connectivity index (χ4v) is 3.79. The molecule has 1 unspecified atom stereocenters. The third-order valence-corrected chi connectivity index (χ3v) is 5.44. The van der Waals surface area contributed by atoms with Crippen molar-refractivity contribution in [2.24, 2.45) is 5.92 Å². The number of hydrogen-bond acceptors (Lipinski definition) is 5. The molecular formula is C26H31FN2O4. The van der Waals surface area contributed by atoms with Crippen LogP contribution < -0.4 is 4.74 Å². The molecule has 1 saturated heterocycles. The molecule has 0 spiro atoms. The van der Waals surface area contributed by atoms with Crippen molar-refractivity contribution in [1.82, 2.24) is 9.80 Å². The molecule has 7 heteroatoms. The van der Waals surface area contributed by atoms with Gasteiger partial charge in [-0.2, -0.15) is 0 Å². The number of likely N-dealkylation sites (tertiary alicyclic amines) is 1. The van der Waals surface area contributed by atoms with Crippen LogP contribution in [0.5, 0.6) is 5.75 Å². The second kappa shape index (κ2) is 10.6. The van der Waals surface area contributed by atoms with E-state index in [9.17, 15) is 19.1 Å². The van der Waals surface area contributed by atoms with Gasteiger partial charge in [0.2, 0.25) is 0 Å². The molecule has 2 aromatic carbocycles. The van der Waals surface area contributed by atoms with Crippen molar-refractivity contribution in [2.75, 3.05) is 33.8 Å². The molecule has 3 rings (SSSR count). The van der Waals surface area contributed by atoms with Crippen LogP contribution in [0.1, 0.15) is 37.4 Å². The molecule has 1 heterocycles. The minimum absolute atomic E-state index is 0.00677. The van der Waals surface area contributed by atoms with Gasteiger partial charge in [-0.05, 0) is 74.9 Å². The largest absolute Gasteiger partial charge is 0.507 e. The van der Waals surface area contributed by atoms with E-state index in [1.165, 1.54) is 17.0 Å². The molecule has 1 atom stereocenters. The lowest BCUT2D eigenvalue weighted by Gasteiger charge is -2.26. The summed E-state index contributed by atoms with van der Waals surface area (Å²) in [5.41, 5.74) is 0.983. The number of hydrogen-bond donors (Lipinski definition) is 1. The van der Waals surface area contributed by atoms with E-state index in [0.717, 1.165) is 6.54 Å². The minimum atomic E-state index is -0.787. The van der Waals surface area contributed by atoms with Gasteiger partial charge in [-0.25, -0.2) is 4.39 Å². The number of carbonyl (C=O) groups is 2. The molecule has 0 saturated carbocycles. The molecule has 1 aliphatic heterocycles. The van der Waals surface area contributed by atoms with Gasteiger partial charge in [0.1, 0.15) is 17.3 Å². The van der Waals surface area contributed by atoms with E-state index in [0.29, 0.717) is 42.4 Å². The lowest BCUT2D eigenvalue weighted by atomic mass is 9.95. The maximum absolute atomic E-state index is 13.6. The number of carbonyl (C=O) groups excluding carboxylic acids is 2. The molecular weight excluding hydrogens is 423 g/mol. The highest BCUT2D eigenvalue weighted by molar-refractivity contribution is 6.46. The fourth-order valence-electron chi connectivity index (χ4n) is 3.79. The molecule has 1 amide bonds. The molecule has 2 aromatic rings. The second-order valence-corrected chi connectivity index (χ2v) is 8.93. The number of rotatable bonds is 9. The van der Waals surface area contributed by atoms with E-state index >= 15 is 0 Å². The number of aliphatic hydroxyl groups is 1. The second-order valence-electron chi connectivity index (χ2n) is 8.93. The van der Waals surface area contributed by atoms with Crippen LogP contribution in [0.25, 0.3) is 5.76 Å². The zero-order chi connectivity index (χ0) is 24.1. The average Bonchev–Trinajstić information content (AvgIpc) is 3.03. The first-order valence-electron chi connectivity index (χ1n) is 11.1. The third-order valence-electron chi connectivity index (χ3n) is 5.44. The Kier molecular flexibility index (Phi) is 7.87. The number of aliphatic hydroxyl groups excluding tert-OH is 1. The maximum atomic E-state index is 13.6. The number of nitrogens with zero attached hydrogens (tertiary/aromatic N) is 2. The van der Waals surface area contributed by atoms with Gasteiger partial charge in [0.05, 0.1) is 18.2 Å². The summed E-state index contributed by atoms with van der Waals surface area (Å²) in [6.45, 7) is 5.73. The summed E-state index contributed by atoms with van der Waals surface area (Å²) in [7, 11) is 3.86. The van der Waals surface area contributed by atoms with E-state index in [1.807, 2.05) is 32.8 Å².